The summed E-state index contributed by atoms with van der Waals surface area (Å²) in [5.74, 6) is 0.231. The number of hydrogen-bond donors (Lipinski definition) is 2. The summed E-state index contributed by atoms with van der Waals surface area (Å²) < 4.78 is 6.06. The van der Waals surface area contributed by atoms with Crippen molar-refractivity contribution in [2.45, 2.75) is 57.6 Å². The van der Waals surface area contributed by atoms with E-state index in [1.807, 2.05) is 54.3 Å². The van der Waals surface area contributed by atoms with Crippen LogP contribution in [-0.4, -0.2) is 53.3 Å². The van der Waals surface area contributed by atoms with Gasteiger partial charge in [-0.25, -0.2) is 4.98 Å². The predicted molar refractivity (Wildman–Crippen MR) is 150 cm³/mol. The zero-order valence-electron chi connectivity index (χ0n) is 21.9. The molecule has 0 amide bonds. The third-order valence-corrected chi connectivity index (χ3v) is 7.07. The van der Waals surface area contributed by atoms with E-state index in [4.69, 9.17) is 9.72 Å². The Morgan fingerprint density at radius 1 is 1.24 bits per heavy atom. The fourth-order valence-corrected chi connectivity index (χ4v) is 5.15. The number of rotatable bonds is 13. The normalized spacial score (nSPS) is 17.2. The Balaban J connectivity index is 1.22. The van der Waals surface area contributed by atoms with Crippen molar-refractivity contribution in [3.05, 3.63) is 89.7 Å². The quantitative estimate of drug-likeness (QED) is 0.266. The van der Waals surface area contributed by atoms with E-state index >= 15 is 0 Å². The molecule has 37 heavy (non-hydrogen) atoms. The number of ether oxygens (including phenoxy) is 1. The number of pyridine rings is 1. The number of aromatic nitrogens is 1. The SMILES string of the molecule is C=C/C=C(\C=C/C)c1ccccc1C(C(=O)O)N1CC(OCCCCCc2ccc3c(n2)NCCC3)C1. The topological polar surface area (TPSA) is 74.7 Å². The average Bonchev–Trinajstić information content (AvgIpc) is 2.88. The highest BCUT2D eigenvalue weighted by molar-refractivity contribution is 5.83. The summed E-state index contributed by atoms with van der Waals surface area (Å²) in [6, 6.07) is 11.4. The molecule has 2 aromatic rings. The summed E-state index contributed by atoms with van der Waals surface area (Å²) in [7, 11) is 0. The Hall–Kier alpha value is -3.22. The molecule has 0 saturated carbocycles. The van der Waals surface area contributed by atoms with Crippen molar-refractivity contribution in [3.8, 4) is 0 Å². The summed E-state index contributed by atoms with van der Waals surface area (Å²) in [6.45, 7) is 8.74. The minimum atomic E-state index is -0.838. The largest absolute Gasteiger partial charge is 0.480 e. The van der Waals surface area contributed by atoms with Gasteiger partial charge in [0.05, 0.1) is 6.10 Å². The van der Waals surface area contributed by atoms with Gasteiger partial charge in [0.15, 0.2) is 0 Å². The number of anilines is 1. The first-order valence-electron chi connectivity index (χ1n) is 13.5. The summed E-state index contributed by atoms with van der Waals surface area (Å²) in [6.07, 6.45) is 14.2. The lowest BCUT2D eigenvalue weighted by molar-refractivity contribution is -0.150. The van der Waals surface area contributed by atoms with Gasteiger partial charge >= 0.3 is 5.97 Å². The lowest BCUT2D eigenvalue weighted by Gasteiger charge is -2.42. The molecular weight excluding hydrogens is 462 g/mol. The second-order valence-electron chi connectivity index (χ2n) is 9.78. The van der Waals surface area contributed by atoms with Crippen LogP contribution in [-0.2, 0) is 22.4 Å². The van der Waals surface area contributed by atoms with Crippen LogP contribution in [0.2, 0.25) is 0 Å². The number of benzene rings is 1. The van der Waals surface area contributed by atoms with Gasteiger partial charge in [-0.3, -0.25) is 9.69 Å². The van der Waals surface area contributed by atoms with Crippen LogP contribution in [0.4, 0.5) is 5.82 Å². The van der Waals surface area contributed by atoms with Crippen LogP contribution in [0.1, 0.15) is 61.0 Å². The third kappa shape index (κ3) is 6.96. The van der Waals surface area contributed by atoms with Crippen LogP contribution < -0.4 is 5.32 Å². The zero-order chi connectivity index (χ0) is 26.0. The van der Waals surface area contributed by atoms with Crippen molar-refractivity contribution in [3.63, 3.8) is 0 Å². The van der Waals surface area contributed by atoms with Gasteiger partial charge in [0, 0.05) is 31.9 Å². The lowest BCUT2D eigenvalue weighted by Crippen LogP contribution is -2.55. The molecule has 6 heteroatoms. The molecule has 0 bridgehead atoms. The Labute approximate surface area is 220 Å². The average molecular weight is 502 g/mol. The van der Waals surface area contributed by atoms with Crippen LogP contribution in [0.15, 0.2) is 67.3 Å². The number of aliphatic carboxylic acids is 1. The highest BCUT2D eigenvalue weighted by atomic mass is 16.5. The number of carboxylic acid groups (broad SMARTS) is 1. The number of aryl methyl sites for hydroxylation is 2. The van der Waals surface area contributed by atoms with Crippen LogP contribution in [0.25, 0.3) is 5.57 Å². The predicted octanol–water partition coefficient (Wildman–Crippen LogP) is 5.82. The van der Waals surface area contributed by atoms with E-state index in [0.717, 1.165) is 66.9 Å². The molecule has 0 spiro atoms. The molecule has 2 aliphatic heterocycles. The van der Waals surface area contributed by atoms with Crippen molar-refractivity contribution in [2.75, 3.05) is 31.6 Å². The first-order chi connectivity index (χ1) is 18.1. The lowest BCUT2D eigenvalue weighted by atomic mass is 9.91. The highest BCUT2D eigenvalue weighted by Gasteiger charge is 2.38. The summed E-state index contributed by atoms with van der Waals surface area (Å²) >= 11 is 0. The maximum absolute atomic E-state index is 12.3. The Bertz CT molecular complexity index is 1130. The smallest absolute Gasteiger partial charge is 0.325 e. The van der Waals surface area contributed by atoms with Crippen molar-refractivity contribution >= 4 is 17.4 Å². The van der Waals surface area contributed by atoms with Crippen molar-refractivity contribution in [1.82, 2.24) is 9.88 Å². The number of likely N-dealkylation sites (tertiary alicyclic amines) is 1. The number of fused-ring (bicyclic) bond motifs is 1. The third-order valence-electron chi connectivity index (χ3n) is 7.07. The monoisotopic (exact) mass is 501 g/mol. The van der Waals surface area contributed by atoms with Gasteiger partial charge in [0.25, 0.3) is 0 Å². The van der Waals surface area contributed by atoms with E-state index < -0.39 is 12.0 Å². The van der Waals surface area contributed by atoms with Gasteiger partial charge in [0.2, 0.25) is 0 Å². The molecular formula is C31H39N3O3. The molecule has 1 aromatic heterocycles. The second-order valence-corrected chi connectivity index (χ2v) is 9.78. The maximum Gasteiger partial charge on any atom is 0.325 e. The fraction of sp³-hybridized carbons (Fsp3) is 0.419. The van der Waals surface area contributed by atoms with E-state index in [-0.39, 0.29) is 6.10 Å². The molecule has 1 atom stereocenters. The van der Waals surface area contributed by atoms with Crippen LogP contribution >= 0.6 is 0 Å². The zero-order valence-corrected chi connectivity index (χ0v) is 21.9. The molecule has 6 nitrogen and oxygen atoms in total. The Kier molecular flexibility index (Phi) is 9.69. The maximum atomic E-state index is 12.3. The van der Waals surface area contributed by atoms with E-state index in [1.54, 1.807) is 6.08 Å². The molecule has 2 N–H and O–H groups in total. The van der Waals surface area contributed by atoms with Gasteiger partial charge in [-0.15, -0.1) is 0 Å². The Morgan fingerprint density at radius 2 is 2.08 bits per heavy atom. The molecule has 1 aromatic carbocycles. The number of carboxylic acids is 1. The fourth-order valence-electron chi connectivity index (χ4n) is 5.15. The van der Waals surface area contributed by atoms with Gasteiger partial charge in [-0.05, 0) is 67.4 Å². The number of nitrogens with zero attached hydrogens (tertiary/aromatic N) is 2. The van der Waals surface area contributed by atoms with E-state index in [1.165, 1.54) is 12.0 Å². The number of hydrogen-bond acceptors (Lipinski definition) is 5. The van der Waals surface area contributed by atoms with Crippen molar-refractivity contribution in [2.24, 2.45) is 0 Å². The number of allylic oxidation sites excluding steroid dienone is 5. The molecule has 196 valence electrons. The molecule has 1 unspecified atom stereocenters. The van der Waals surface area contributed by atoms with Crippen molar-refractivity contribution in [1.29, 1.82) is 0 Å². The van der Waals surface area contributed by atoms with Gasteiger partial charge in [-0.1, -0.05) is 67.6 Å². The minimum absolute atomic E-state index is 0.0844. The van der Waals surface area contributed by atoms with Crippen LogP contribution in [0.5, 0.6) is 0 Å². The standard InChI is InChI=1S/C31H39N3O3/c1-3-11-23(12-4-2)27-15-7-8-16-28(27)29(31(35)36)34-21-26(22-34)37-20-9-5-6-14-25-18-17-24-13-10-19-32-30(24)33-25/h3-4,7-8,11-12,15-18,26,29H,1,5-6,9-10,13-14,19-22H2,2H3,(H,32,33)(H,35,36)/b12-4-,23-11+. The molecule has 1 fully saturated rings. The number of unbranched alkanes of at least 4 members (excludes halogenated alkanes) is 2. The molecule has 2 aliphatic rings. The van der Waals surface area contributed by atoms with Crippen molar-refractivity contribution < 1.29 is 14.6 Å². The summed E-state index contributed by atoms with van der Waals surface area (Å²) in [5.41, 5.74) is 5.16. The molecule has 0 aliphatic carbocycles. The first kappa shape index (κ1) is 26.8. The molecule has 4 rings (SSSR count). The van der Waals surface area contributed by atoms with Crippen LogP contribution in [0.3, 0.4) is 0 Å². The summed E-state index contributed by atoms with van der Waals surface area (Å²) in [4.78, 5) is 19.1. The van der Waals surface area contributed by atoms with E-state index in [0.29, 0.717) is 19.7 Å². The number of nitrogens with one attached hydrogen (secondary N) is 1. The van der Waals surface area contributed by atoms with Gasteiger partial charge < -0.3 is 15.2 Å². The second kappa shape index (κ2) is 13.4. The molecule has 3 heterocycles. The van der Waals surface area contributed by atoms with E-state index in [9.17, 15) is 9.90 Å². The van der Waals surface area contributed by atoms with Crippen LogP contribution in [0, 0.1) is 0 Å². The van der Waals surface area contributed by atoms with Gasteiger partial charge in [-0.2, -0.15) is 0 Å². The molecule has 0 radical (unpaired) electrons. The molecule has 1 saturated heterocycles. The highest BCUT2D eigenvalue weighted by Crippen LogP contribution is 2.33. The Morgan fingerprint density at radius 3 is 2.86 bits per heavy atom. The minimum Gasteiger partial charge on any atom is -0.480 e. The van der Waals surface area contributed by atoms with Gasteiger partial charge in [0.1, 0.15) is 11.9 Å². The summed E-state index contributed by atoms with van der Waals surface area (Å²) in [5, 5.41) is 13.5. The first-order valence-corrected chi connectivity index (χ1v) is 13.5. The van der Waals surface area contributed by atoms with E-state index in [2.05, 4.69) is 24.0 Å². The number of carbonyl (C=O) groups is 1.